The summed E-state index contributed by atoms with van der Waals surface area (Å²) in [5, 5.41) is 7.97. The first-order valence-electron chi connectivity index (χ1n) is 8.04. The maximum Gasteiger partial charge on any atom is 0.269 e. The Hall–Kier alpha value is -3.74. The predicted octanol–water partition coefficient (Wildman–Crippen LogP) is 2.42. The van der Waals surface area contributed by atoms with Crippen molar-refractivity contribution in [2.75, 3.05) is 12.8 Å². The van der Waals surface area contributed by atoms with Crippen LogP contribution in [0.4, 0.5) is 5.69 Å². The third kappa shape index (κ3) is 2.75. The van der Waals surface area contributed by atoms with E-state index < -0.39 is 0 Å². The number of nitrogen functional groups attached to an aromatic ring is 1. The Morgan fingerprint density at radius 2 is 1.96 bits per heavy atom. The molecule has 7 heteroatoms. The number of fused-ring (bicyclic) bond motifs is 1. The molecule has 1 aromatic carbocycles. The predicted molar refractivity (Wildman–Crippen MR) is 99.9 cm³/mol. The molecule has 0 aliphatic heterocycles. The maximum atomic E-state index is 11.8. The SMILES string of the molecule is CNC(=O)c1cccc(-n2ncc3ccc(-c4cncc(N)c4)cc32)n1. The number of hydrogen-bond acceptors (Lipinski definition) is 5. The molecule has 0 fully saturated rings. The Balaban J connectivity index is 1.84. The monoisotopic (exact) mass is 344 g/mol. The van der Waals surface area contributed by atoms with Crippen LogP contribution in [0.2, 0.25) is 0 Å². The highest BCUT2D eigenvalue weighted by molar-refractivity contribution is 5.92. The van der Waals surface area contributed by atoms with Gasteiger partial charge in [-0.25, -0.2) is 9.67 Å². The lowest BCUT2D eigenvalue weighted by Crippen LogP contribution is -2.19. The molecule has 3 aromatic heterocycles. The number of benzene rings is 1. The highest BCUT2D eigenvalue weighted by Gasteiger charge is 2.11. The standard InChI is InChI=1S/C19H16N6O/c1-21-19(26)16-3-2-4-18(24-16)25-17-8-12(5-6-13(17)10-23-25)14-7-15(20)11-22-9-14/h2-11H,20H2,1H3,(H,21,26). The Morgan fingerprint density at radius 3 is 2.77 bits per heavy atom. The molecule has 3 heterocycles. The molecule has 4 aromatic rings. The van der Waals surface area contributed by atoms with Gasteiger partial charge in [0, 0.05) is 30.4 Å². The maximum absolute atomic E-state index is 11.8. The molecule has 0 saturated heterocycles. The summed E-state index contributed by atoms with van der Waals surface area (Å²) in [5.74, 6) is 0.332. The van der Waals surface area contributed by atoms with Crippen LogP contribution < -0.4 is 11.1 Å². The van der Waals surface area contributed by atoms with Gasteiger partial charge in [0.25, 0.3) is 5.91 Å². The lowest BCUT2D eigenvalue weighted by atomic mass is 10.1. The van der Waals surface area contributed by atoms with E-state index in [0.717, 1.165) is 22.0 Å². The second kappa shape index (κ2) is 6.29. The van der Waals surface area contributed by atoms with E-state index >= 15 is 0 Å². The van der Waals surface area contributed by atoms with Gasteiger partial charge in [-0.2, -0.15) is 5.10 Å². The lowest BCUT2D eigenvalue weighted by molar-refractivity contribution is 0.0958. The van der Waals surface area contributed by atoms with Gasteiger partial charge in [0.2, 0.25) is 0 Å². The van der Waals surface area contributed by atoms with Crippen LogP contribution in [0.25, 0.3) is 27.8 Å². The molecule has 1 amide bonds. The van der Waals surface area contributed by atoms with Gasteiger partial charge in [0.1, 0.15) is 5.69 Å². The zero-order chi connectivity index (χ0) is 18.1. The van der Waals surface area contributed by atoms with E-state index in [4.69, 9.17) is 5.73 Å². The van der Waals surface area contributed by atoms with Crippen LogP contribution >= 0.6 is 0 Å². The van der Waals surface area contributed by atoms with E-state index in [1.807, 2.05) is 30.3 Å². The number of carbonyl (C=O) groups is 1. The van der Waals surface area contributed by atoms with Crippen LogP contribution in [0.15, 0.2) is 61.1 Å². The summed E-state index contributed by atoms with van der Waals surface area (Å²) in [6.07, 6.45) is 5.15. The second-order valence-electron chi connectivity index (χ2n) is 5.80. The molecule has 3 N–H and O–H groups in total. The van der Waals surface area contributed by atoms with Gasteiger partial charge in [-0.05, 0) is 29.8 Å². The van der Waals surface area contributed by atoms with Crippen molar-refractivity contribution < 1.29 is 4.79 Å². The van der Waals surface area contributed by atoms with Crippen molar-refractivity contribution in [1.82, 2.24) is 25.1 Å². The van der Waals surface area contributed by atoms with Crippen molar-refractivity contribution in [3.63, 3.8) is 0 Å². The summed E-state index contributed by atoms with van der Waals surface area (Å²) < 4.78 is 1.71. The highest BCUT2D eigenvalue weighted by atomic mass is 16.1. The van der Waals surface area contributed by atoms with Crippen molar-refractivity contribution in [3.8, 4) is 16.9 Å². The van der Waals surface area contributed by atoms with Crippen molar-refractivity contribution in [2.45, 2.75) is 0 Å². The molecule has 0 saturated carbocycles. The largest absolute Gasteiger partial charge is 0.397 e. The molecule has 4 rings (SSSR count). The fraction of sp³-hybridized carbons (Fsp3) is 0.0526. The smallest absolute Gasteiger partial charge is 0.269 e. The van der Waals surface area contributed by atoms with E-state index in [0.29, 0.717) is 17.2 Å². The summed E-state index contributed by atoms with van der Waals surface area (Å²) in [5.41, 5.74) is 9.56. The number of rotatable bonds is 3. The fourth-order valence-electron chi connectivity index (χ4n) is 2.79. The van der Waals surface area contributed by atoms with Gasteiger partial charge >= 0.3 is 0 Å². The average Bonchev–Trinajstić information content (AvgIpc) is 3.10. The van der Waals surface area contributed by atoms with E-state index in [1.54, 1.807) is 42.5 Å². The highest BCUT2D eigenvalue weighted by Crippen LogP contribution is 2.26. The molecule has 0 aliphatic carbocycles. The topological polar surface area (TPSA) is 98.7 Å². The third-order valence-corrected chi connectivity index (χ3v) is 4.07. The summed E-state index contributed by atoms with van der Waals surface area (Å²) in [7, 11) is 1.58. The number of nitrogens with zero attached hydrogens (tertiary/aromatic N) is 4. The van der Waals surface area contributed by atoms with Gasteiger partial charge in [-0.1, -0.05) is 18.2 Å². The molecule has 0 atom stereocenters. The molecule has 128 valence electrons. The van der Waals surface area contributed by atoms with Gasteiger partial charge in [0.05, 0.1) is 17.4 Å². The Kier molecular flexibility index (Phi) is 3.81. The third-order valence-electron chi connectivity index (χ3n) is 4.07. The number of nitrogens with two attached hydrogens (primary N) is 1. The van der Waals surface area contributed by atoms with Gasteiger partial charge in [-0.3, -0.25) is 9.78 Å². The summed E-state index contributed by atoms with van der Waals surface area (Å²) in [6.45, 7) is 0. The van der Waals surface area contributed by atoms with Crippen LogP contribution in [-0.2, 0) is 0 Å². The first-order chi connectivity index (χ1) is 12.7. The number of amides is 1. The summed E-state index contributed by atoms with van der Waals surface area (Å²) in [6, 6.07) is 13.1. The minimum Gasteiger partial charge on any atom is -0.397 e. The van der Waals surface area contributed by atoms with Crippen molar-refractivity contribution in [3.05, 3.63) is 66.7 Å². The molecule has 0 spiro atoms. The average molecular weight is 344 g/mol. The van der Waals surface area contributed by atoms with Crippen LogP contribution in [0.1, 0.15) is 10.5 Å². The quantitative estimate of drug-likeness (QED) is 0.595. The molecule has 0 aliphatic rings. The molecule has 26 heavy (non-hydrogen) atoms. The first kappa shape index (κ1) is 15.8. The molecule has 0 unspecified atom stereocenters. The zero-order valence-corrected chi connectivity index (χ0v) is 14.0. The summed E-state index contributed by atoms with van der Waals surface area (Å²) >= 11 is 0. The van der Waals surface area contributed by atoms with Crippen LogP contribution in [0, 0.1) is 0 Å². The minimum absolute atomic E-state index is 0.241. The van der Waals surface area contributed by atoms with Crippen molar-refractivity contribution >= 4 is 22.5 Å². The van der Waals surface area contributed by atoms with Gasteiger partial charge in [-0.15, -0.1) is 0 Å². The molecule has 0 radical (unpaired) electrons. The zero-order valence-electron chi connectivity index (χ0n) is 14.0. The van der Waals surface area contributed by atoms with E-state index in [-0.39, 0.29) is 5.91 Å². The summed E-state index contributed by atoms with van der Waals surface area (Å²) in [4.78, 5) is 20.4. The fourth-order valence-corrected chi connectivity index (χ4v) is 2.79. The number of aromatic nitrogens is 4. The van der Waals surface area contributed by atoms with E-state index in [1.165, 1.54) is 0 Å². The van der Waals surface area contributed by atoms with Crippen molar-refractivity contribution in [1.29, 1.82) is 0 Å². The van der Waals surface area contributed by atoms with E-state index in [2.05, 4.69) is 20.4 Å². The van der Waals surface area contributed by atoms with Crippen LogP contribution in [0.3, 0.4) is 0 Å². The Morgan fingerprint density at radius 1 is 1.08 bits per heavy atom. The molecular formula is C19H16N6O. The second-order valence-corrected chi connectivity index (χ2v) is 5.80. The molecule has 7 nitrogen and oxygen atoms in total. The first-order valence-corrected chi connectivity index (χ1v) is 8.04. The van der Waals surface area contributed by atoms with Crippen LogP contribution in [0.5, 0.6) is 0 Å². The number of anilines is 1. The minimum atomic E-state index is -0.241. The van der Waals surface area contributed by atoms with Crippen molar-refractivity contribution in [2.24, 2.45) is 0 Å². The Bertz CT molecular complexity index is 1120. The van der Waals surface area contributed by atoms with Crippen LogP contribution in [-0.4, -0.2) is 32.7 Å². The normalized spacial score (nSPS) is 10.8. The van der Waals surface area contributed by atoms with E-state index in [9.17, 15) is 4.79 Å². The molecule has 0 bridgehead atoms. The number of carbonyl (C=O) groups excluding carboxylic acids is 1. The molecular weight excluding hydrogens is 328 g/mol. The Labute approximate surface area is 149 Å². The van der Waals surface area contributed by atoms with Gasteiger partial charge < -0.3 is 11.1 Å². The lowest BCUT2D eigenvalue weighted by Gasteiger charge is -2.07. The van der Waals surface area contributed by atoms with Gasteiger partial charge in [0.15, 0.2) is 5.82 Å². The number of pyridine rings is 2. The number of hydrogen-bond donors (Lipinski definition) is 2. The number of nitrogens with one attached hydrogen (secondary N) is 1.